The van der Waals surface area contributed by atoms with Crippen molar-refractivity contribution >= 4 is 5.91 Å². The van der Waals surface area contributed by atoms with Gasteiger partial charge in [-0.2, -0.15) is 5.10 Å². The minimum atomic E-state index is -0.637. The highest BCUT2D eigenvalue weighted by atomic mass is 16.3. The molecule has 2 N–H and O–H groups in total. The third kappa shape index (κ3) is 4.32. The van der Waals surface area contributed by atoms with E-state index in [1.807, 2.05) is 11.0 Å². The molecule has 1 aromatic heterocycles. The van der Waals surface area contributed by atoms with Crippen LogP contribution in [0.2, 0.25) is 0 Å². The van der Waals surface area contributed by atoms with Crippen LogP contribution in [-0.4, -0.2) is 69.3 Å². The van der Waals surface area contributed by atoms with E-state index in [2.05, 4.69) is 15.1 Å². The number of β-amino-alcohol motifs (C(OH)–C–C–N with tert-alkyl or cyclic N) is 1. The number of aromatic amines is 1. The standard InChI is InChI=1S/C17H28N4O2/c1-14(22)21-9-5-17(23,6-10-21)13-20-8-2-3-15(12-20)11-16-4-7-18-19-16/h4,7,15,23H,2-3,5-6,8-13H2,1H3,(H,18,19). The van der Waals surface area contributed by atoms with Gasteiger partial charge in [-0.15, -0.1) is 0 Å². The maximum Gasteiger partial charge on any atom is 0.219 e. The zero-order valence-corrected chi connectivity index (χ0v) is 14.0. The summed E-state index contributed by atoms with van der Waals surface area (Å²) in [6.07, 6.45) is 6.65. The van der Waals surface area contributed by atoms with Crippen molar-refractivity contribution in [2.45, 2.75) is 44.6 Å². The summed E-state index contributed by atoms with van der Waals surface area (Å²) in [5.74, 6) is 0.745. The molecular weight excluding hydrogens is 292 g/mol. The minimum absolute atomic E-state index is 0.115. The molecule has 1 atom stereocenters. The van der Waals surface area contributed by atoms with Crippen LogP contribution in [0.3, 0.4) is 0 Å². The normalized spacial score (nSPS) is 25.5. The quantitative estimate of drug-likeness (QED) is 0.869. The van der Waals surface area contributed by atoms with Crippen LogP contribution in [0.1, 0.15) is 38.3 Å². The van der Waals surface area contributed by atoms with Gasteiger partial charge in [-0.05, 0) is 50.6 Å². The van der Waals surface area contributed by atoms with Crippen LogP contribution >= 0.6 is 0 Å². The van der Waals surface area contributed by atoms with Crippen LogP contribution in [0.4, 0.5) is 0 Å². The van der Waals surface area contributed by atoms with E-state index < -0.39 is 5.60 Å². The topological polar surface area (TPSA) is 72.5 Å². The maximum absolute atomic E-state index is 11.4. The lowest BCUT2D eigenvalue weighted by molar-refractivity contribution is -0.133. The number of aliphatic hydroxyl groups is 1. The minimum Gasteiger partial charge on any atom is -0.388 e. The van der Waals surface area contributed by atoms with Gasteiger partial charge >= 0.3 is 0 Å². The third-order valence-corrected chi connectivity index (χ3v) is 5.33. The Balaban J connectivity index is 1.50. The number of carbonyl (C=O) groups excluding carboxylic acids is 1. The predicted octanol–water partition coefficient (Wildman–Crippen LogP) is 1.04. The monoisotopic (exact) mass is 320 g/mol. The first-order chi connectivity index (χ1) is 11.0. The molecule has 2 aliphatic heterocycles. The van der Waals surface area contributed by atoms with E-state index in [4.69, 9.17) is 0 Å². The van der Waals surface area contributed by atoms with Gasteiger partial charge in [0.25, 0.3) is 0 Å². The number of hydrogen-bond acceptors (Lipinski definition) is 4. The lowest BCUT2D eigenvalue weighted by atomic mass is 9.88. The Kier molecular flexibility index (Phi) is 5.02. The maximum atomic E-state index is 11.4. The van der Waals surface area contributed by atoms with Crippen molar-refractivity contribution in [2.24, 2.45) is 5.92 Å². The third-order valence-electron chi connectivity index (χ3n) is 5.33. The summed E-state index contributed by atoms with van der Waals surface area (Å²) in [5.41, 5.74) is 0.562. The number of amides is 1. The number of aromatic nitrogens is 2. The summed E-state index contributed by atoms with van der Waals surface area (Å²) in [4.78, 5) is 15.7. The van der Waals surface area contributed by atoms with E-state index in [-0.39, 0.29) is 5.91 Å². The van der Waals surface area contributed by atoms with Gasteiger partial charge in [-0.3, -0.25) is 9.89 Å². The highest BCUT2D eigenvalue weighted by molar-refractivity contribution is 5.73. The predicted molar refractivity (Wildman–Crippen MR) is 87.9 cm³/mol. The molecule has 0 aliphatic carbocycles. The summed E-state index contributed by atoms with van der Waals surface area (Å²) in [7, 11) is 0. The molecule has 1 amide bonds. The van der Waals surface area contributed by atoms with E-state index in [1.54, 1.807) is 13.1 Å². The molecule has 0 spiro atoms. The van der Waals surface area contributed by atoms with Crippen molar-refractivity contribution in [3.05, 3.63) is 18.0 Å². The number of rotatable bonds is 4. The average Bonchev–Trinajstić information content (AvgIpc) is 3.00. The van der Waals surface area contributed by atoms with Gasteiger partial charge in [0, 0.05) is 45.0 Å². The summed E-state index contributed by atoms with van der Waals surface area (Å²) in [5, 5.41) is 17.9. The largest absolute Gasteiger partial charge is 0.388 e. The fourth-order valence-corrected chi connectivity index (χ4v) is 3.98. The average molecular weight is 320 g/mol. The SMILES string of the molecule is CC(=O)N1CCC(O)(CN2CCCC(Cc3ccn[nH]3)C2)CC1. The molecule has 2 fully saturated rings. The van der Waals surface area contributed by atoms with Crippen molar-refractivity contribution in [1.29, 1.82) is 0 Å². The smallest absolute Gasteiger partial charge is 0.219 e. The second-order valence-corrected chi connectivity index (χ2v) is 7.26. The highest BCUT2D eigenvalue weighted by Crippen LogP contribution is 2.27. The number of hydrogen-bond donors (Lipinski definition) is 2. The Morgan fingerprint density at radius 1 is 1.43 bits per heavy atom. The van der Waals surface area contributed by atoms with Crippen LogP contribution in [0, 0.1) is 5.92 Å². The van der Waals surface area contributed by atoms with E-state index in [0.717, 1.165) is 26.1 Å². The van der Waals surface area contributed by atoms with Crippen LogP contribution in [0.5, 0.6) is 0 Å². The molecule has 0 saturated carbocycles. The van der Waals surface area contributed by atoms with Crippen molar-refractivity contribution in [2.75, 3.05) is 32.7 Å². The molecule has 23 heavy (non-hydrogen) atoms. The van der Waals surface area contributed by atoms with E-state index in [1.165, 1.54) is 18.5 Å². The molecule has 128 valence electrons. The van der Waals surface area contributed by atoms with Crippen molar-refractivity contribution in [3.63, 3.8) is 0 Å². The highest BCUT2D eigenvalue weighted by Gasteiger charge is 2.35. The van der Waals surface area contributed by atoms with Gasteiger partial charge in [0.15, 0.2) is 0 Å². The molecule has 3 heterocycles. The fraction of sp³-hybridized carbons (Fsp3) is 0.765. The Labute approximate surface area is 137 Å². The molecule has 1 unspecified atom stereocenters. The number of likely N-dealkylation sites (tertiary alicyclic amines) is 2. The molecule has 1 aromatic rings. The summed E-state index contributed by atoms with van der Waals surface area (Å²) in [6.45, 7) is 5.80. The van der Waals surface area contributed by atoms with Crippen molar-refractivity contribution in [1.82, 2.24) is 20.0 Å². The van der Waals surface area contributed by atoms with Crippen molar-refractivity contribution < 1.29 is 9.90 Å². The number of carbonyl (C=O) groups is 1. The van der Waals surface area contributed by atoms with Gasteiger partial charge in [0.2, 0.25) is 5.91 Å². The Bertz CT molecular complexity index is 509. The molecule has 0 aromatic carbocycles. The lowest BCUT2D eigenvalue weighted by Gasteiger charge is -2.42. The van der Waals surface area contributed by atoms with Gasteiger partial charge in [-0.25, -0.2) is 0 Å². The first-order valence-electron chi connectivity index (χ1n) is 8.73. The van der Waals surface area contributed by atoms with E-state index in [9.17, 15) is 9.90 Å². The van der Waals surface area contributed by atoms with Gasteiger partial charge < -0.3 is 14.9 Å². The zero-order chi connectivity index (χ0) is 16.3. The van der Waals surface area contributed by atoms with Crippen LogP contribution in [-0.2, 0) is 11.2 Å². The van der Waals surface area contributed by atoms with E-state index >= 15 is 0 Å². The number of nitrogens with zero attached hydrogens (tertiary/aromatic N) is 3. The molecule has 3 rings (SSSR count). The number of nitrogens with one attached hydrogen (secondary N) is 1. The van der Waals surface area contributed by atoms with E-state index in [0.29, 0.717) is 31.8 Å². The van der Waals surface area contributed by atoms with Crippen LogP contribution in [0.25, 0.3) is 0 Å². The Hall–Kier alpha value is -1.40. The number of H-pyrrole nitrogens is 1. The van der Waals surface area contributed by atoms with Crippen molar-refractivity contribution in [3.8, 4) is 0 Å². The summed E-state index contributed by atoms with van der Waals surface area (Å²) >= 11 is 0. The molecule has 2 aliphatic rings. The van der Waals surface area contributed by atoms with Gasteiger partial charge in [0.1, 0.15) is 0 Å². The second kappa shape index (κ2) is 7.01. The second-order valence-electron chi connectivity index (χ2n) is 7.26. The van der Waals surface area contributed by atoms with Gasteiger partial charge in [-0.1, -0.05) is 0 Å². The van der Waals surface area contributed by atoms with Crippen LogP contribution in [0.15, 0.2) is 12.3 Å². The molecule has 0 bridgehead atoms. The molecule has 2 saturated heterocycles. The molecule has 6 nitrogen and oxygen atoms in total. The molecule has 0 radical (unpaired) electrons. The first kappa shape index (κ1) is 16.5. The first-order valence-corrected chi connectivity index (χ1v) is 8.73. The summed E-state index contributed by atoms with van der Waals surface area (Å²) in [6, 6.07) is 2.05. The zero-order valence-electron chi connectivity index (χ0n) is 14.0. The van der Waals surface area contributed by atoms with Gasteiger partial charge in [0.05, 0.1) is 5.60 Å². The molecule has 6 heteroatoms. The number of piperidine rings is 2. The Morgan fingerprint density at radius 3 is 2.87 bits per heavy atom. The molecular formula is C17H28N4O2. The fourth-order valence-electron chi connectivity index (χ4n) is 3.98. The van der Waals surface area contributed by atoms with Crippen LogP contribution < -0.4 is 0 Å². The Morgan fingerprint density at radius 2 is 2.22 bits per heavy atom. The summed E-state index contributed by atoms with van der Waals surface area (Å²) < 4.78 is 0. The lowest BCUT2D eigenvalue weighted by Crippen LogP contribution is -2.53.